The van der Waals surface area contributed by atoms with Crippen LogP contribution >= 0.6 is 0 Å². The van der Waals surface area contributed by atoms with Gasteiger partial charge in [-0.25, -0.2) is 4.79 Å². The topological polar surface area (TPSA) is 92.5 Å². The summed E-state index contributed by atoms with van der Waals surface area (Å²) in [6.07, 6.45) is 1.60. The third kappa shape index (κ3) is 2.57. The minimum atomic E-state index is -1.33. The van der Waals surface area contributed by atoms with Crippen molar-refractivity contribution in [2.45, 2.75) is 0 Å². The highest BCUT2D eigenvalue weighted by molar-refractivity contribution is 5.93. The first kappa shape index (κ1) is 11.7. The fraction of sp³-hybridized carbons (Fsp3) is 0.100. The molecule has 0 bridgehead atoms. The quantitative estimate of drug-likeness (QED) is 0.451. The van der Waals surface area contributed by atoms with Crippen molar-refractivity contribution < 1.29 is 14.8 Å². The van der Waals surface area contributed by atoms with Gasteiger partial charge in [-0.3, -0.25) is 10.1 Å². The van der Waals surface area contributed by atoms with Crippen LogP contribution < -0.4 is 5.32 Å². The van der Waals surface area contributed by atoms with Crippen LogP contribution in [-0.4, -0.2) is 22.5 Å². The molecule has 0 amide bonds. The van der Waals surface area contributed by atoms with Gasteiger partial charge in [0.1, 0.15) is 5.56 Å². The smallest absolute Gasteiger partial charge is 0.342 e. The van der Waals surface area contributed by atoms with Crippen molar-refractivity contribution in [2.75, 3.05) is 11.9 Å². The van der Waals surface area contributed by atoms with Crippen molar-refractivity contribution >= 4 is 17.3 Å². The minimum Gasteiger partial charge on any atom is -0.477 e. The number of hydrogen-bond donors (Lipinski definition) is 2. The predicted molar refractivity (Wildman–Crippen MR) is 58.7 cm³/mol. The van der Waals surface area contributed by atoms with Gasteiger partial charge in [0, 0.05) is 18.3 Å². The highest BCUT2D eigenvalue weighted by Crippen LogP contribution is 2.22. The lowest BCUT2D eigenvalue weighted by molar-refractivity contribution is -0.385. The van der Waals surface area contributed by atoms with Crippen molar-refractivity contribution in [2.24, 2.45) is 0 Å². The van der Waals surface area contributed by atoms with Crippen LogP contribution in [0.3, 0.4) is 0 Å². The molecule has 0 spiro atoms. The Morgan fingerprint density at radius 3 is 2.81 bits per heavy atom. The number of carbonyl (C=O) groups is 1. The van der Waals surface area contributed by atoms with Crippen LogP contribution in [0.4, 0.5) is 11.4 Å². The van der Waals surface area contributed by atoms with E-state index in [1.165, 1.54) is 12.1 Å². The Morgan fingerprint density at radius 2 is 2.31 bits per heavy atom. The molecule has 16 heavy (non-hydrogen) atoms. The van der Waals surface area contributed by atoms with Gasteiger partial charge in [0.2, 0.25) is 0 Å². The standard InChI is InChI=1S/C10H10N2O4/c1-2-5-11-7-3-4-9(12(15)16)8(6-7)10(13)14/h2-4,6,11H,1,5H2,(H,13,14). The van der Waals surface area contributed by atoms with Crippen LogP contribution in [0.5, 0.6) is 0 Å². The van der Waals surface area contributed by atoms with Crippen molar-refractivity contribution in [1.29, 1.82) is 0 Å². The summed E-state index contributed by atoms with van der Waals surface area (Å²) in [6.45, 7) is 3.95. The second-order valence-electron chi connectivity index (χ2n) is 2.96. The zero-order valence-corrected chi connectivity index (χ0v) is 8.34. The highest BCUT2D eigenvalue weighted by Gasteiger charge is 2.19. The van der Waals surface area contributed by atoms with E-state index >= 15 is 0 Å². The molecular weight excluding hydrogens is 212 g/mol. The van der Waals surface area contributed by atoms with Crippen molar-refractivity contribution in [3.63, 3.8) is 0 Å². The first-order valence-corrected chi connectivity index (χ1v) is 4.42. The largest absolute Gasteiger partial charge is 0.477 e. The molecule has 0 saturated heterocycles. The third-order valence-electron chi connectivity index (χ3n) is 1.87. The summed E-state index contributed by atoms with van der Waals surface area (Å²) in [4.78, 5) is 20.6. The van der Waals surface area contributed by atoms with E-state index in [1.54, 1.807) is 6.08 Å². The summed E-state index contributed by atoms with van der Waals surface area (Å²) < 4.78 is 0. The lowest BCUT2D eigenvalue weighted by atomic mass is 10.1. The first-order chi connectivity index (χ1) is 7.56. The molecule has 0 unspecified atom stereocenters. The molecule has 0 radical (unpaired) electrons. The highest BCUT2D eigenvalue weighted by atomic mass is 16.6. The summed E-state index contributed by atoms with van der Waals surface area (Å²) in [5, 5.41) is 22.2. The monoisotopic (exact) mass is 222 g/mol. The Morgan fingerprint density at radius 1 is 1.62 bits per heavy atom. The van der Waals surface area contributed by atoms with E-state index in [9.17, 15) is 14.9 Å². The predicted octanol–water partition coefficient (Wildman–Crippen LogP) is 1.89. The molecule has 0 aliphatic rings. The summed E-state index contributed by atoms with van der Waals surface area (Å²) >= 11 is 0. The SMILES string of the molecule is C=CCNc1ccc([N+](=O)[O-])c(C(=O)O)c1. The maximum Gasteiger partial charge on any atom is 0.342 e. The summed E-state index contributed by atoms with van der Waals surface area (Å²) in [5.41, 5.74) is -0.251. The summed E-state index contributed by atoms with van der Waals surface area (Å²) in [7, 11) is 0. The number of hydrogen-bond acceptors (Lipinski definition) is 4. The van der Waals surface area contributed by atoms with E-state index in [2.05, 4.69) is 11.9 Å². The van der Waals surface area contributed by atoms with E-state index in [0.29, 0.717) is 12.2 Å². The van der Waals surface area contributed by atoms with E-state index < -0.39 is 16.6 Å². The number of rotatable bonds is 5. The van der Waals surface area contributed by atoms with Gasteiger partial charge in [-0.1, -0.05) is 6.08 Å². The van der Waals surface area contributed by atoms with Gasteiger partial charge in [-0.2, -0.15) is 0 Å². The van der Waals surface area contributed by atoms with Crippen LogP contribution in [0.1, 0.15) is 10.4 Å². The van der Waals surface area contributed by atoms with Crippen LogP contribution in [0.25, 0.3) is 0 Å². The average Bonchev–Trinajstić information content (AvgIpc) is 2.25. The van der Waals surface area contributed by atoms with E-state index in [0.717, 1.165) is 6.07 Å². The first-order valence-electron chi connectivity index (χ1n) is 4.42. The van der Waals surface area contributed by atoms with E-state index in [-0.39, 0.29) is 5.56 Å². The van der Waals surface area contributed by atoms with Crippen LogP contribution in [-0.2, 0) is 0 Å². The Balaban J connectivity index is 3.12. The molecule has 6 nitrogen and oxygen atoms in total. The second-order valence-corrected chi connectivity index (χ2v) is 2.96. The van der Waals surface area contributed by atoms with Gasteiger partial charge in [0.05, 0.1) is 4.92 Å². The van der Waals surface area contributed by atoms with Crippen molar-refractivity contribution in [3.8, 4) is 0 Å². The normalized spacial score (nSPS) is 9.50. The molecule has 0 atom stereocenters. The van der Waals surface area contributed by atoms with Crippen LogP contribution in [0, 0.1) is 10.1 Å². The number of anilines is 1. The molecular formula is C10H10N2O4. The zero-order chi connectivity index (χ0) is 12.1. The fourth-order valence-electron chi connectivity index (χ4n) is 1.17. The summed E-state index contributed by atoms with van der Waals surface area (Å²) in [6, 6.07) is 3.84. The van der Waals surface area contributed by atoms with Gasteiger partial charge in [-0.05, 0) is 12.1 Å². The molecule has 0 heterocycles. The maximum absolute atomic E-state index is 10.8. The summed E-state index contributed by atoms with van der Waals surface area (Å²) in [5.74, 6) is -1.33. The molecule has 2 N–H and O–H groups in total. The Hall–Kier alpha value is -2.37. The molecule has 1 rings (SSSR count). The number of carboxylic acids is 1. The lowest BCUT2D eigenvalue weighted by Crippen LogP contribution is -2.05. The molecule has 0 saturated carbocycles. The third-order valence-corrected chi connectivity index (χ3v) is 1.87. The van der Waals surface area contributed by atoms with Gasteiger partial charge in [0.25, 0.3) is 5.69 Å². The minimum absolute atomic E-state index is 0.334. The Bertz CT molecular complexity index is 442. The number of aromatic carboxylic acids is 1. The van der Waals surface area contributed by atoms with Crippen LogP contribution in [0.2, 0.25) is 0 Å². The zero-order valence-electron chi connectivity index (χ0n) is 8.34. The number of nitrogens with one attached hydrogen (secondary N) is 1. The molecule has 1 aromatic rings. The molecule has 6 heteroatoms. The number of carboxylic acid groups (broad SMARTS) is 1. The molecule has 0 aliphatic carbocycles. The van der Waals surface area contributed by atoms with Gasteiger partial charge in [0.15, 0.2) is 0 Å². The van der Waals surface area contributed by atoms with E-state index in [4.69, 9.17) is 5.11 Å². The maximum atomic E-state index is 10.8. The number of benzene rings is 1. The lowest BCUT2D eigenvalue weighted by Gasteiger charge is -2.04. The van der Waals surface area contributed by atoms with Gasteiger partial charge >= 0.3 is 5.97 Å². The Kier molecular flexibility index (Phi) is 3.60. The fourth-order valence-corrected chi connectivity index (χ4v) is 1.17. The number of nitro groups is 1. The van der Waals surface area contributed by atoms with Crippen LogP contribution in [0.15, 0.2) is 30.9 Å². The van der Waals surface area contributed by atoms with Crippen molar-refractivity contribution in [1.82, 2.24) is 0 Å². The molecule has 1 aromatic carbocycles. The average molecular weight is 222 g/mol. The van der Waals surface area contributed by atoms with Gasteiger partial charge in [-0.15, -0.1) is 6.58 Å². The second kappa shape index (κ2) is 4.92. The molecule has 84 valence electrons. The Labute approximate surface area is 91.4 Å². The molecule has 0 fully saturated rings. The van der Waals surface area contributed by atoms with Crippen molar-refractivity contribution in [3.05, 3.63) is 46.5 Å². The van der Waals surface area contributed by atoms with E-state index in [1.807, 2.05) is 0 Å². The van der Waals surface area contributed by atoms with Gasteiger partial charge < -0.3 is 10.4 Å². The number of nitro benzene ring substituents is 1. The molecule has 0 aliphatic heterocycles. The molecule has 0 aromatic heterocycles. The number of nitrogens with zero attached hydrogens (tertiary/aromatic N) is 1.